The number of phosphoric acid groups is 1. The lowest BCUT2D eigenvalue weighted by Crippen LogP contribution is -2.37. The summed E-state index contributed by atoms with van der Waals surface area (Å²) in [6.07, 6.45) is 99.0. The summed E-state index contributed by atoms with van der Waals surface area (Å²) in [6.45, 7) is 4.30. The van der Waals surface area contributed by atoms with E-state index in [1.807, 2.05) is 21.1 Å². The van der Waals surface area contributed by atoms with E-state index in [1.165, 1.54) is 186 Å². The number of likely N-dealkylation sites (N-methyl/N-ethyl adjacent to an activating group) is 1. The Balaban J connectivity index is 4.12. The minimum absolute atomic E-state index is 0.0181. The Morgan fingerprint density at radius 1 is 0.360 bits per heavy atom. The SMILES string of the molecule is CC/C=C\C/C=C\C/C=C\C/C=C\C/C=C\C/C=C\C/C=C\C/C=C\C/C=C\C/C=C\CCCCC(=O)OC(COC(=O)CCCCCCCCCCCCCCCCCCCCCCCCCCCCCCCCCC)COP(=O)(O)OCC[N+](C)(C)C. The number of ether oxygens (including phenoxy) is 2. The van der Waals surface area contributed by atoms with Crippen LogP contribution in [0, 0.1) is 0 Å². The quantitative estimate of drug-likeness (QED) is 0.0211. The lowest BCUT2D eigenvalue weighted by atomic mass is 10.0. The zero-order chi connectivity index (χ0) is 64.8. The zero-order valence-electron chi connectivity index (χ0n) is 58.4. The van der Waals surface area contributed by atoms with Crippen molar-refractivity contribution in [1.82, 2.24) is 0 Å². The Morgan fingerprint density at radius 2 is 0.640 bits per heavy atom. The fourth-order valence-electron chi connectivity index (χ4n) is 10.2. The molecule has 0 aromatic heterocycles. The van der Waals surface area contributed by atoms with Crippen LogP contribution in [-0.2, 0) is 32.7 Å². The summed E-state index contributed by atoms with van der Waals surface area (Å²) in [5.41, 5.74) is 0. The van der Waals surface area contributed by atoms with Crippen LogP contribution in [0.5, 0.6) is 0 Å². The predicted octanol–water partition coefficient (Wildman–Crippen LogP) is 24.2. The lowest BCUT2D eigenvalue weighted by Gasteiger charge is -2.24. The fourth-order valence-corrected chi connectivity index (χ4v) is 10.9. The molecule has 0 saturated heterocycles. The average Bonchev–Trinajstić information content (AvgIpc) is 3.60. The molecule has 0 heterocycles. The number of carbonyl (C=O) groups excluding carboxylic acids is 2. The van der Waals surface area contributed by atoms with Gasteiger partial charge in [-0.25, -0.2) is 4.57 Å². The maximum absolute atomic E-state index is 12.9. The molecule has 0 aliphatic rings. The van der Waals surface area contributed by atoms with Gasteiger partial charge in [-0.1, -0.05) is 334 Å². The van der Waals surface area contributed by atoms with Crippen LogP contribution < -0.4 is 0 Å². The van der Waals surface area contributed by atoms with Gasteiger partial charge >= 0.3 is 19.8 Å². The summed E-state index contributed by atoms with van der Waals surface area (Å²) >= 11 is 0. The normalized spacial score (nSPS) is 13.8. The van der Waals surface area contributed by atoms with Gasteiger partial charge in [0.1, 0.15) is 19.8 Å². The Labute approximate surface area is 549 Å². The second-order valence-electron chi connectivity index (χ2n) is 25.6. The van der Waals surface area contributed by atoms with Crippen LogP contribution in [0.25, 0.3) is 0 Å². The number of phosphoric ester groups is 1. The highest BCUT2D eigenvalue weighted by molar-refractivity contribution is 7.47. The van der Waals surface area contributed by atoms with E-state index in [4.69, 9.17) is 18.5 Å². The number of unbranched alkanes of at least 4 members (excludes halogenated alkanes) is 33. The van der Waals surface area contributed by atoms with Gasteiger partial charge in [-0.15, -0.1) is 0 Å². The van der Waals surface area contributed by atoms with E-state index in [2.05, 4.69) is 135 Å². The molecule has 0 aliphatic heterocycles. The molecule has 2 unspecified atom stereocenters. The van der Waals surface area contributed by atoms with Crippen LogP contribution in [0.15, 0.2) is 122 Å². The van der Waals surface area contributed by atoms with E-state index >= 15 is 0 Å². The number of rotatable bonds is 67. The molecule has 0 aromatic carbocycles. The molecule has 0 amide bonds. The van der Waals surface area contributed by atoms with Crippen LogP contribution in [0.3, 0.4) is 0 Å². The molecule has 9 nitrogen and oxygen atoms in total. The first-order chi connectivity index (χ1) is 43.5. The number of hydrogen-bond donors (Lipinski definition) is 1. The Hall–Kier alpha value is -3.59. The zero-order valence-corrected chi connectivity index (χ0v) is 59.3. The molecular weight excluding hydrogens is 1120 g/mol. The summed E-state index contributed by atoms with van der Waals surface area (Å²) in [5.74, 6) is -0.845. The van der Waals surface area contributed by atoms with E-state index in [-0.39, 0.29) is 32.0 Å². The van der Waals surface area contributed by atoms with Crippen LogP contribution >= 0.6 is 7.82 Å². The number of quaternary nitrogens is 1. The topological polar surface area (TPSA) is 108 Å². The average molecular weight is 1260 g/mol. The van der Waals surface area contributed by atoms with E-state index in [1.54, 1.807) is 0 Å². The molecule has 512 valence electrons. The van der Waals surface area contributed by atoms with Gasteiger partial charge in [0.25, 0.3) is 0 Å². The van der Waals surface area contributed by atoms with E-state index in [0.29, 0.717) is 17.4 Å². The van der Waals surface area contributed by atoms with Crippen LogP contribution in [0.1, 0.15) is 316 Å². The highest BCUT2D eigenvalue weighted by atomic mass is 31.2. The Morgan fingerprint density at radius 3 is 0.955 bits per heavy atom. The highest BCUT2D eigenvalue weighted by Crippen LogP contribution is 2.43. The number of allylic oxidation sites excluding steroid dienone is 20. The van der Waals surface area contributed by atoms with Crippen LogP contribution in [-0.4, -0.2) is 74.9 Å². The van der Waals surface area contributed by atoms with Crippen molar-refractivity contribution in [3.63, 3.8) is 0 Å². The van der Waals surface area contributed by atoms with Crippen molar-refractivity contribution >= 4 is 19.8 Å². The first-order valence-corrected chi connectivity index (χ1v) is 38.3. The lowest BCUT2D eigenvalue weighted by molar-refractivity contribution is -0.870. The fraction of sp³-hybridized carbons (Fsp3) is 0.722. The third-order valence-electron chi connectivity index (χ3n) is 15.8. The van der Waals surface area contributed by atoms with Crippen molar-refractivity contribution in [2.24, 2.45) is 0 Å². The van der Waals surface area contributed by atoms with Crippen LogP contribution in [0.4, 0.5) is 0 Å². The van der Waals surface area contributed by atoms with Gasteiger partial charge < -0.3 is 18.9 Å². The molecule has 89 heavy (non-hydrogen) atoms. The maximum atomic E-state index is 12.9. The van der Waals surface area contributed by atoms with Crippen molar-refractivity contribution in [2.45, 2.75) is 322 Å². The third-order valence-corrected chi connectivity index (χ3v) is 16.7. The molecule has 0 aliphatic carbocycles. The number of esters is 2. The standard InChI is InChI=1S/C79H138NO8P/c1-6-8-10-12-14-16-18-20-22-24-26-28-30-32-34-36-38-40-42-44-46-48-50-52-54-56-58-60-62-64-66-68-70-72-79(82)88-77(76-87-89(83,84)86-74-73-80(3,4)5)75-85-78(81)71-69-67-65-63-61-59-57-55-53-51-49-47-45-43-41-39-37-35-33-31-29-27-25-23-21-19-17-15-13-11-9-7-2/h8,10,14,16,20,22,26,28,32,34,38,40,44,46,50,52,56,58,62,64,77H,6-7,9,11-13,15,17-19,21,23-25,27,29-31,33,35-37,39,41-43,45,47-49,51,53-55,57,59-61,63,65-76H2,1-5H3/p+1/b10-8-,16-14-,22-20-,28-26-,34-32-,40-38-,46-44-,52-50-,58-56-,64-62-. The minimum atomic E-state index is -4.41. The van der Waals surface area contributed by atoms with Gasteiger partial charge in [0.2, 0.25) is 0 Å². The molecule has 0 rings (SSSR count). The van der Waals surface area contributed by atoms with E-state index in [9.17, 15) is 19.0 Å². The van der Waals surface area contributed by atoms with Gasteiger partial charge in [-0.05, 0) is 89.9 Å². The second-order valence-corrected chi connectivity index (χ2v) is 27.1. The van der Waals surface area contributed by atoms with E-state index < -0.39 is 26.5 Å². The predicted molar refractivity (Wildman–Crippen MR) is 385 cm³/mol. The second kappa shape index (κ2) is 68.8. The molecule has 0 bridgehead atoms. The van der Waals surface area contributed by atoms with Crippen molar-refractivity contribution in [3.05, 3.63) is 122 Å². The van der Waals surface area contributed by atoms with Crippen molar-refractivity contribution in [2.75, 3.05) is 47.5 Å². The summed E-state index contributed by atoms with van der Waals surface area (Å²) < 4.78 is 34.7. The van der Waals surface area contributed by atoms with Gasteiger partial charge in [-0.3, -0.25) is 18.6 Å². The Kier molecular flexibility index (Phi) is 66.0. The largest absolute Gasteiger partial charge is 0.472 e. The highest BCUT2D eigenvalue weighted by Gasteiger charge is 2.27. The first-order valence-electron chi connectivity index (χ1n) is 36.8. The van der Waals surface area contributed by atoms with Crippen molar-refractivity contribution in [1.29, 1.82) is 0 Å². The minimum Gasteiger partial charge on any atom is -0.462 e. The molecule has 10 heteroatoms. The van der Waals surface area contributed by atoms with Gasteiger partial charge in [0.15, 0.2) is 6.10 Å². The summed E-state index contributed by atoms with van der Waals surface area (Å²) in [7, 11) is 1.44. The van der Waals surface area contributed by atoms with Crippen LogP contribution in [0.2, 0.25) is 0 Å². The summed E-state index contributed by atoms with van der Waals surface area (Å²) in [5, 5.41) is 0. The monoisotopic (exact) mass is 1260 g/mol. The van der Waals surface area contributed by atoms with Gasteiger partial charge in [0.05, 0.1) is 27.7 Å². The molecule has 0 fully saturated rings. The molecule has 1 N–H and O–H groups in total. The Bertz CT molecular complexity index is 1920. The van der Waals surface area contributed by atoms with Gasteiger partial charge in [-0.2, -0.15) is 0 Å². The summed E-state index contributed by atoms with van der Waals surface area (Å²) in [6, 6.07) is 0. The number of hydrogen-bond acceptors (Lipinski definition) is 7. The van der Waals surface area contributed by atoms with E-state index in [0.717, 1.165) is 96.3 Å². The molecule has 0 aromatic rings. The first kappa shape index (κ1) is 85.4. The molecule has 0 spiro atoms. The number of carbonyl (C=O) groups is 2. The maximum Gasteiger partial charge on any atom is 0.472 e. The third kappa shape index (κ3) is 73.3. The number of nitrogens with zero attached hydrogens (tertiary/aromatic N) is 1. The molecule has 0 radical (unpaired) electrons. The molecular formula is C79H139NO8P+. The summed E-state index contributed by atoms with van der Waals surface area (Å²) in [4.78, 5) is 35.9. The van der Waals surface area contributed by atoms with Gasteiger partial charge in [0, 0.05) is 12.8 Å². The smallest absolute Gasteiger partial charge is 0.462 e. The van der Waals surface area contributed by atoms with Crippen molar-refractivity contribution < 1.29 is 42.1 Å². The molecule has 2 atom stereocenters. The van der Waals surface area contributed by atoms with Crippen molar-refractivity contribution in [3.8, 4) is 0 Å². The molecule has 0 saturated carbocycles.